The van der Waals surface area contributed by atoms with Crippen LogP contribution in [0.25, 0.3) is 0 Å². The maximum Gasteiger partial charge on any atom is 0.0953 e. The van der Waals surface area contributed by atoms with Crippen LogP contribution in [0.3, 0.4) is 0 Å². The van der Waals surface area contributed by atoms with E-state index in [4.69, 9.17) is 9.47 Å². The number of nitrogens with one attached hydrogen (secondary N) is 1. The molecule has 0 aliphatic carbocycles. The van der Waals surface area contributed by atoms with Crippen molar-refractivity contribution in [3.8, 4) is 0 Å². The summed E-state index contributed by atoms with van der Waals surface area (Å²) in [7, 11) is 0. The average Bonchev–Trinajstić information content (AvgIpc) is 2.50. The van der Waals surface area contributed by atoms with Gasteiger partial charge in [0.2, 0.25) is 0 Å². The SMILES string of the molecule is c1ccc(C2CNCCO2)c(CN2CCOCC2)c1. The Bertz CT molecular complexity index is 399. The average molecular weight is 262 g/mol. The number of nitrogens with zero attached hydrogens (tertiary/aromatic N) is 1. The van der Waals surface area contributed by atoms with Gasteiger partial charge in [0.05, 0.1) is 25.9 Å². The predicted octanol–water partition coefficient (Wildman–Crippen LogP) is 1.18. The lowest BCUT2D eigenvalue weighted by molar-refractivity contribution is 0.0230. The van der Waals surface area contributed by atoms with Crippen LogP contribution in [0.2, 0.25) is 0 Å². The largest absolute Gasteiger partial charge is 0.379 e. The predicted molar refractivity (Wildman–Crippen MR) is 74.1 cm³/mol. The second-order valence-corrected chi connectivity index (χ2v) is 5.15. The highest BCUT2D eigenvalue weighted by molar-refractivity contribution is 5.29. The third-order valence-corrected chi connectivity index (χ3v) is 3.83. The quantitative estimate of drug-likeness (QED) is 0.887. The van der Waals surface area contributed by atoms with Crippen molar-refractivity contribution >= 4 is 0 Å². The summed E-state index contributed by atoms with van der Waals surface area (Å²) in [5.41, 5.74) is 2.72. The van der Waals surface area contributed by atoms with Crippen LogP contribution in [0.4, 0.5) is 0 Å². The maximum atomic E-state index is 5.89. The fourth-order valence-corrected chi connectivity index (χ4v) is 2.76. The van der Waals surface area contributed by atoms with Crippen LogP contribution in [0.5, 0.6) is 0 Å². The molecule has 2 saturated heterocycles. The second kappa shape index (κ2) is 6.48. The molecular formula is C15H22N2O2. The van der Waals surface area contributed by atoms with Crippen molar-refractivity contribution in [2.75, 3.05) is 46.0 Å². The standard InChI is InChI=1S/C15H22N2O2/c1-2-4-14(15-11-16-5-8-19-15)13(3-1)12-17-6-9-18-10-7-17/h1-4,15-16H,5-12H2. The minimum absolute atomic E-state index is 0.200. The molecule has 2 aliphatic heterocycles. The van der Waals surface area contributed by atoms with Gasteiger partial charge in [0.15, 0.2) is 0 Å². The molecule has 1 N–H and O–H groups in total. The zero-order valence-corrected chi connectivity index (χ0v) is 11.3. The van der Waals surface area contributed by atoms with Gasteiger partial charge in [-0.25, -0.2) is 0 Å². The van der Waals surface area contributed by atoms with Crippen molar-refractivity contribution < 1.29 is 9.47 Å². The summed E-state index contributed by atoms with van der Waals surface area (Å²) in [5, 5.41) is 3.41. The van der Waals surface area contributed by atoms with Crippen LogP contribution in [-0.2, 0) is 16.0 Å². The van der Waals surface area contributed by atoms with E-state index < -0.39 is 0 Å². The minimum Gasteiger partial charge on any atom is -0.379 e. The van der Waals surface area contributed by atoms with E-state index in [0.717, 1.165) is 52.5 Å². The molecule has 0 amide bonds. The summed E-state index contributed by atoms with van der Waals surface area (Å²) in [5.74, 6) is 0. The molecule has 2 fully saturated rings. The highest BCUT2D eigenvalue weighted by Crippen LogP contribution is 2.24. The van der Waals surface area contributed by atoms with Gasteiger partial charge in [-0.15, -0.1) is 0 Å². The first-order valence-electron chi connectivity index (χ1n) is 7.14. The first-order chi connectivity index (χ1) is 9.43. The molecule has 19 heavy (non-hydrogen) atoms. The van der Waals surface area contributed by atoms with Crippen LogP contribution in [0.1, 0.15) is 17.2 Å². The first kappa shape index (κ1) is 13.1. The molecule has 0 saturated carbocycles. The second-order valence-electron chi connectivity index (χ2n) is 5.15. The zero-order chi connectivity index (χ0) is 12.9. The lowest BCUT2D eigenvalue weighted by Gasteiger charge is -2.30. The van der Waals surface area contributed by atoms with Gasteiger partial charge in [-0.2, -0.15) is 0 Å². The number of hydrogen-bond acceptors (Lipinski definition) is 4. The topological polar surface area (TPSA) is 33.7 Å². The number of ether oxygens (including phenoxy) is 2. The van der Waals surface area contributed by atoms with Gasteiger partial charge in [0.1, 0.15) is 0 Å². The molecule has 2 heterocycles. The van der Waals surface area contributed by atoms with Gasteiger partial charge in [-0.1, -0.05) is 24.3 Å². The summed E-state index contributed by atoms with van der Waals surface area (Å²) in [6, 6.07) is 8.65. The van der Waals surface area contributed by atoms with Gasteiger partial charge in [-0.05, 0) is 11.1 Å². The zero-order valence-electron chi connectivity index (χ0n) is 11.3. The molecule has 1 aromatic carbocycles. The van der Waals surface area contributed by atoms with Gasteiger partial charge < -0.3 is 14.8 Å². The monoisotopic (exact) mass is 262 g/mol. The molecule has 1 atom stereocenters. The molecule has 4 heteroatoms. The molecule has 104 valence electrons. The van der Waals surface area contributed by atoms with Crippen molar-refractivity contribution in [1.82, 2.24) is 10.2 Å². The normalized spacial score (nSPS) is 25.4. The van der Waals surface area contributed by atoms with Crippen LogP contribution in [0.15, 0.2) is 24.3 Å². The van der Waals surface area contributed by atoms with Crippen molar-refractivity contribution in [3.05, 3.63) is 35.4 Å². The Morgan fingerprint density at radius 2 is 2.00 bits per heavy atom. The molecule has 4 nitrogen and oxygen atoms in total. The fraction of sp³-hybridized carbons (Fsp3) is 0.600. The number of morpholine rings is 2. The van der Waals surface area contributed by atoms with Gasteiger partial charge in [-0.3, -0.25) is 4.90 Å². The highest BCUT2D eigenvalue weighted by Gasteiger charge is 2.20. The van der Waals surface area contributed by atoms with E-state index in [1.807, 2.05) is 0 Å². The lowest BCUT2D eigenvalue weighted by Crippen LogP contribution is -2.37. The summed E-state index contributed by atoms with van der Waals surface area (Å²) < 4.78 is 11.3. The molecule has 1 unspecified atom stereocenters. The Kier molecular flexibility index (Phi) is 4.45. The van der Waals surface area contributed by atoms with Gasteiger partial charge in [0, 0.05) is 32.7 Å². The smallest absolute Gasteiger partial charge is 0.0953 e. The third kappa shape index (κ3) is 3.34. The summed E-state index contributed by atoms with van der Waals surface area (Å²) in [6.07, 6.45) is 0.200. The van der Waals surface area contributed by atoms with E-state index in [-0.39, 0.29) is 6.10 Å². The number of hydrogen-bond donors (Lipinski definition) is 1. The molecule has 2 aliphatic rings. The van der Waals surface area contributed by atoms with E-state index in [1.54, 1.807) is 0 Å². The third-order valence-electron chi connectivity index (χ3n) is 3.83. The Labute approximate surface area is 114 Å². The maximum absolute atomic E-state index is 5.89. The van der Waals surface area contributed by atoms with Gasteiger partial charge in [0.25, 0.3) is 0 Å². The molecular weight excluding hydrogens is 240 g/mol. The lowest BCUT2D eigenvalue weighted by atomic mass is 10.0. The van der Waals surface area contributed by atoms with Crippen LogP contribution < -0.4 is 5.32 Å². The number of rotatable bonds is 3. The molecule has 0 aromatic heterocycles. The molecule has 0 radical (unpaired) electrons. The first-order valence-corrected chi connectivity index (χ1v) is 7.14. The highest BCUT2D eigenvalue weighted by atomic mass is 16.5. The van der Waals surface area contributed by atoms with Crippen molar-refractivity contribution in [1.29, 1.82) is 0 Å². The molecule has 0 spiro atoms. The van der Waals surface area contributed by atoms with E-state index >= 15 is 0 Å². The van der Waals surface area contributed by atoms with E-state index in [1.165, 1.54) is 11.1 Å². The Hall–Kier alpha value is -0.940. The molecule has 3 rings (SSSR count). The fourth-order valence-electron chi connectivity index (χ4n) is 2.76. The van der Waals surface area contributed by atoms with Gasteiger partial charge >= 0.3 is 0 Å². The minimum atomic E-state index is 0.200. The summed E-state index contributed by atoms with van der Waals surface area (Å²) >= 11 is 0. The van der Waals surface area contributed by atoms with E-state index in [0.29, 0.717) is 0 Å². The van der Waals surface area contributed by atoms with Crippen molar-refractivity contribution in [2.24, 2.45) is 0 Å². The number of benzene rings is 1. The Morgan fingerprint density at radius 3 is 2.79 bits per heavy atom. The van der Waals surface area contributed by atoms with Crippen LogP contribution >= 0.6 is 0 Å². The summed E-state index contributed by atoms with van der Waals surface area (Å²) in [4.78, 5) is 2.46. The Morgan fingerprint density at radius 1 is 1.16 bits per heavy atom. The van der Waals surface area contributed by atoms with E-state index in [2.05, 4.69) is 34.5 Å². The molecule has 0 bridgehead atoms. The van der Waals surface area contributed by atoms with Crippen molar-refractivity contribution in [2.45, 2.75) is 12.6 Å². The van der Waals surface area contributed by atoms with Crippen LogP contribution in [0, 0.1) is 0 Å². The van der Waals surface area contributed by atoms with Crippen LogP contribution in [-0.4, -0.2) is 50.9 Å². The molecule has 1 aromatic rings. The Balaban J connectivity index is 1.72. The summed E-state index contributed by atoms with van der Waals surface area (Å²) in [6.45, 7) is 7.43. The van der Waals surface area contributed by atoms with Crippen molar-refractivity contribution in [3.63, 3.8) is 0 Å². The van der Waals surface area contributed by atoms with E-state index in [9.17, 15) is 0 Å².